The molecule has 0 atom stereocenters. The van der Waals surface area contributed by atoms with Crippen molar-refractivity contribution >= 4 is 10.0 Å². The van der Waals surface area contributed by atoms with E-state index < -0.39 is 10.0 Å². The second-order valence-electron chi connectivity index (χ2n) is 3.05. The summed E-state index contributed by atoms with van der Waals surface area (Å²) in [4.78, 5) is 0.255. The van der Waals surface area contributed by atoms with Gasteiger partial charge >= 0.3 is 0 Å². The highest BCUT2D eigenvalue weighted by Crippen LogP contribution is 2.13. The molecule has 15 heavy (non-hydrogen) atoms. The van der Waals surface area contributed by atoms with Crippen LogP contribution in [0.2, 0.25) is 0 Å². The average molecular weight is 224 g/mol. The van der Waals surface area contributed by atoms with E-state index in [0.29, 0.717) is 0 Å². The fraction of sp³-hybridized carbons (Fsp3) is 0.300. The third-order valence-corrected chi connectivity index (χ3v) is 3.86. The lowest BCUT2D eigenvalue weighted by Gasteiger charge is -2.15. The van der Waals surface area contributed by atoms with Gasteiger partial charge < -0.3 is 0 Å². The fourth-order valence-electron chi connectivity index (χ4n) is 1.10. The Morgan fingerprint density at radius 1 is 1.33 bits per heavy atom. The smallest absolute Gasteiger partial charge is 0.207 e. The van der Waals surface area contributed by atoms with Gasteiger partial charge in [-0.25, -0.2) is 8.42 Å². The van der Waals surface area contributed by atoms with E-state index >= 15 is 0 Å². The summed E-state index contributed by atoms with van der Waals surface area (Å²) in [5.74, 6) is 0. The van der Waals surface area contributed by atoms with Gasteiger partial charge in [0.25, 0.3) is 0 Å². The van der Waals surface area contributed by atoms with Crippen LogP contribution in [0.15, 0.2) is 35.2 Å². The van der Waals surface area contributed by atoms with E-state index in [1.165, 1.54) is 23.5 Å². The third kappa shape index (κ3) is 2.78. The van der Waals surface area contributed by atoms with E-state index in [-0.39, 0.29) is 17.9 Å². The zero-order chi connectivity index (χ0) is 11.3. The summed E-state index contributed by atoms with van der Waals surface area (Å²) in [5, 5.41) is 8.38. The molecule has 1 aromatic rings. The van der Waals surface area contributed by atoms with Gasteiger partial charge in [0.1, 0.15) is 0 Å². The van der Waals surface area contributed by atoms with E-state index in [4.69, 9.17) is 5.26 Å². The SMILES string of the molecule is CN(CCC#N)S(=O)(=O)c1ccccc1. The fourth-order valence-corrected chi connectivity index (χ4v) is 2.29. The molecule has 80 valence electrons. The maximum Gasteiger partial charge on any atom is 0.242 e. The van der Waals surface area contributed by atoms with Crippen molar-refractivity contribution in [2.45, 2.75) is 11.3 Å². The van der Waals surface area contributed by atoms with Crippen LogP contribution in [0.1, 0.15) is 6.42 Å². The molecule has 0 bridgehead atoms. The Morgan fingerprint density at radius 3 is 2.47 bits per heavy atom. The largest absolute Gasteiger partial charge is 0.242 e. The van der Waals surface area contributed by atoms with E-state index in [9.17, 15) is 8.42 Å². The molecule has 0 saturated heterocycles. The topological polar surface area (TPSA) is 61.2 Å². The van der Waals surface area contributed by atoms with Crippen molar-refractivity contribution in [3.63, 3.8) is 0 Å². The Balaban J connectivity index is 2.90. The Kier molecular flexibility index (Phi) is 3.83. The molecule has 0 saturated carbocycles. The molecule has 0 spiro atoms. The first kappa shape index (κ1) is 11.7. The highest BCUT2D eigenvalue weighted by molar-refractivity contribution is 7.89. The molecule has 5 heteroatoms. The quantitative estimate of drug-likeness (QED) is 0.772. The average Bonchev–Trinajstić information content (AvgIpc) is 2.27. The van der Waals surface area contributed by atoms with Crippen LogP contribution in [0.5, 0.6) is 0 Å². The lowest BCUT2D eigenvalue weighted by atomic mass is 10.4. The number of nitriles is 1. The molecule has 0 unspecified atom stereocenters. The second kappa shape index (κ2) is 4.91. The van der Waals surface area contributed by atoms with Crippen molar-refractivity contribution in [2.24, 2.45) is 0 Å². The van der Waals surface area contributed by atoms with Crippen LogP contribution in [-0.2, 0) is 10.0 Å². The van der Waals surface area contributed by atoms with Crippen LogP contribution in [0.25, 0.3) is 0 Å². The van der Waals surface area contributed by atoms with E-state index in [0.717, 1.165) is 0 Å². The molecule has 1 rings (SSSR count). The van der Waals surface area contributed by atoms with Gasteiger partial charge in [-0.3, -0.25) is 0 Å². The van der Waals surface area contributed by atoms with Crippen LogP contribution in [0, 0.1) is 11.3 Å². The zero-order valence-corrected chi connectivity index (χ0v) is 9.24. The molecule has 0 aromatic heterocycles. The van der Waals surface area contributed by atoms with Gasteiger partial charge in [-0.15, -0.1) is 0 Å². The van der Waals surface area contributed by atoms with Crippen LogP contribution in [-0.4, -0.2) is 26.3 Å². The monoisotopic (exact) mass is 224 g/mol. The minimum absolute atomic E-state index is 0.197. The Labute approximate surface area is 89.8 Å². The number of sulfonamides is 1. The van der Waals surface area contributed by atoms with Crippen molar-refractivity contribution in [1.82, 2.24) is 4.31 Å². The van der Waals surface area contributed by atoms with Crippen LogP contribution in [0.3, 0.4) is 0 Å². The molecule has 1 aromatic carbocycles. The zero-order valence-electron chi connectivity index (χ0n) is 8.42. The van der Waals surface area contributed by atoms with Gasteiger partial charge in [0, 0.05) is 20.0 Å². The lowest BCUT2D eigenvalue weighted by molar-refractivity contribution is 0.476. The third-order valence-electron chi connectivity index (χ3n) is 1.99. The van der Waals surface area contributed by atoms with Gasteiger partial charge in [-0.1, -0.05) is 18.2 Å². The Bertz CT molecular complexity index is 448. The second-order valence-corrected chi connectivity index (χ2v) is 5.09. The van der Waals surface area contributed by atoms with Crippen LogP contribution >= 0.6 is 0 Å². The first-order chi connectivity index (χ1) is 7.09. The highest BCUT2D eigenvalue weighted by atomic mass is 32.2. The maximum atomic E-state index is 11.9. The summed E-state index contributed by atoms with van der Waals surface area (Å²) in [5.41, 5.74) is 0. The summed E-state index contributed by atoms with van der Waals surface area (Å²) in [6.45, 7) is 0.216. The summed E-state index contributed by atoms with van der Waals surface area (Å²) < 4.78 is 24.9. The first-order valence-corrected chi connectivity index (χ1v) is 5.91. The molecule has 0 radical (unpaired) electrons. The summed E-state index contributed by atoms with van der Waals surface area (Å²) in [6, 6.07) is 10.1. The molecule has 0 aliphatic carbocycles. The molecule has 0 heterocycles. The minimum atomic E-state index is -3.43. The maximum absolute atomic E-state index is 11.9. The highest BCUT2D eigenvalue weighted by Gasteiger charge is 2.19. The van der Waals surface area contributed by atoms with Gasteiger partial charge in [0.2, 0.25) is 10.0 Å². The summed E-state index contributed by atoms with van der Waals surface area (Å²) in [6.07, 6.45) is 0.197. The number of rotatable bonds is 4. The molecule has 0 amide bonds. The van der Waals surface area contributed by atoms with Crippen molar-refractivity contribution in [3.8, 4) is 6.07 Å². The van der Waals surface area contributed by atoms with Crippen LogP contribution in [0.4, 0.5) is 0 Å². The molecular weight excluding hydrogens is 212 g/mol. The first-order valence-electron chi connectivity index (χ1n) is 4.47. The number of nitrogens with zero attached hydrogens (tertiary/aromatic N) is 2. The summed E-state index contributed by atoms with van der Waals surface area (Å²) >= 11 is 0. The number of hydrogen-bond donors (Lipinski definition) is 0. The number of benzene rings is 1. The van der Waals surface area contributed by atoms with Gasteiger partial charge in [0.05, 0.1) is 11.0 Å². The van der Waals surface area contributed by atoms with Crippen molar-refractivity contribution < 1.29 is 8.42 Å². The van der Waals surface area contributed by atoms with E-state index in [2.05, 4.69) is 0 Å². The molecule has 0 aliphatic heterocycles. The molecule has 0 aliphatic rings. The molecule has 0 N–H and O–H groups in total. The normalized spacial score (nSPS) is 11.3. The molecule has 0 fully saturated rings. The minimum Gasteiger partial charge on any atom is -0.207 e. The van der Waals surface area contributed by atoms with Crippen molar-refractivity contribution in [2.75, 3.05) is 13.6 Å². The Morgan fingerprint density at radius 2 is 1.93 bits per heavy atom. The molecular formula is C10H12N2O2S. The molecule has 4 nitrogen and oxygen atoms in total. The van der Waals surface area contributed by atoms with Gasteiger partial charge in [-0.05, 0) is 12.1 Å². The predicted molar refractivity (Wildman–Crippen MR) is 56.5 cm³/mol. The predicted octanol–water partition coefficient (Wildman–Crippen LogP) is 1.22. The Hall–Kier alpha value is -1.38. The van der Waals surface area contributed by atoms with Crippen molar-refractivity contribution in [1.29, 1.82) is 5.26 Å². The van der Waals surface area contributed by atoms with Gasteiger partial charge in [-0.2, -0.15) is 9.57 Å². The standard InChI is InChI=1S/C10H12N2O2S/c1-12(9-5-8-11)15(13,14)10-6-3-2-4-7-10/h2-4,6-7H,5,9H2,1H3. The lowest BCUT2D eigenvalue weighted by Crippen LogP contribution is -2.27. The summed E-state index contributed by atoms with van der Waals surface area (Å²) in [7, 11) is -1.96. The number of hydrogen-bond acceptors (Lipinski definition) is 3. The van der Waals surface area contributed by atoms with Gasteiger partial charge in [0.15, 0.2) is 0 Å². The van der Waals surface area contributed by atoms with Crippen molar-refractivity contribution in [3.05, 3.63) is 30.3 Å². The van der Waals surface area contributed by atoms with E-state index in [1.807, 2.05) is 6.07 Å². The van der Waals surface area contributed by atoms with E-state index in [1.54, 1.807) is 18.2 Å². The van der Waals surface area contributed by atoms with Crippen LogP contribution < -0.4 is 0 Å².